The van der Waals surface area contributed by atoms with Gasteiger partial charge in [0, 0.05) is 0 Å². The minimum atomic E-state index is -0.332. The van der Waals surface area contributed by atoms with Gasteiger partial charge >= 0.3 is 0 Å². The van der Waals surface area contributed by atoms with Crippen LogP contribution in [0.4, 0.5) is 0 Å². The Labute approximate surface area is 91.6 Å². The predicted octanol–water partition coefficient (Wildman–Crippen LogP) is 2.03. The molecule has 1 radical (unpaired) electrons. The van der Waals surface area contributed by atoms with Gasteiger partial charge in [0.15, 0.2) is 0 Å². The van der Waals surface area contributed by atoms with E-state index in [4.69, 9.17) is 5.73 Å². The second-order valence-electron chi connectivity index (χ2n) is 6.35. The van der Waals surface area contributed by atoms with Crippen molar-refractivity contribution in [3.05, 3.63) is 0 Å². The fourth-order valence-corrected chi connectivity index (χ4v) is 5.05. The summed E-state index contributed by atoms with van der Waals surface area (Å²) in [5.41, 5.74) is 6.21. The molecule has 0 amide bonds. The molecule has 0 aromatic heterocycles. The molecule has 4 fully saturated rings. The number of hydrogen-bond donors (Lipinski definition) is 1. The monoisotopic (exact) mass is 206 g/mol. The molecule has 2 heteroatoms. The third-order valence-corrected chi connectivity index (χ3v) is 4.97. The topological polar surface area (TPSA) is 43.1 Å². The van der Waals surface area contributed by atoms with Gasteiger partial charge in [-0.3, -0.25) is 4.79 Å². The Balaban J connectivity index is 1.78. The SMILES string of the molecule is N[C@@H]([C]=O)CC12CC3CC(CC(C3)C1)C2. The maximum absolute atomic E-state index is 10.6. The van der Waals surface area contributed by atoms with Crippen molar-refractivity contribution in [1.29, 1.82) is 0 Å². The molecule has 0 unspecified atom stereocenters. The molecule has 1 atom stereocenters. The van der Waals surface area contributed by atoms with E-state index < -0.39 is 0 Å². The lowest BCUT2D eigenvalue weighted by Crippen LogP contribution is -2.48. The van der Waals surface area contributed by atoms with E-state index in [-0.39, 0.29) is 6.04 Å². The standard InChI is InChI=1S/C13H20NO/c14-12(8-15)7-13-4-9-1-10(5-13)3-11(2-9)6-13/h9-12H,1-7,14H2/t9?,10?,11?,12-,13?/m1/s1. The van der Waals surface area contributed by atoms with E-state index in [9.17, 15) is 4.79 Å². The number of hydrogen-bond acceptors (Lipinski definition) is 2. The van der Waals surface area contributed by atoms with Crippen LogP contribution in [-0.2, 0) is 4.79 Å². The van der Waals surface area contributed by atoms with Gasteiger partial charge in [0.05, 0.1) is 6.04 Å². The van der Waals surface area contributed by atoms with E-state index in [2.05, 4.69) is 0 Å². The molecule has 4 aliphatic carbocycles. The van der Waals surface area contributed by atoms with Gasteiger partial charge in [0.1, 0.15) is 0 Å². The first-order valence-corrected chi connectivity index (χ1v) is 6.32. The maximum Gasteiger partial charge on any atom is 0.216 e. The lowest BCUT2D eigenvalue weighted by Gasteiger charge is -2.57. The van der Waals surface area contributed by atoms with Crippen LogP contribution in [-0.4, -0.2) is 12.3 Å². The molecule has 4 aliphatic rings. The molecule has 4 bridgehead atoms. The largest absolute Gasteiger partial charge is 0.321 e. The fourth-order valence-electron chi connectivity index (χ4n) is 5.05. The van der Waals surface area contributed by atoms with Crippen molar-refractivity contribution in [3.63, 3.8) is 0 Å². The third kappa shape index (κ3) is 1.63. The van der Waals surface area contributed by atoms with Crippen molar-refractivity contribution in [2.75, 3.05) is 0 Å². The van der Waals surface area contributed by atoms with Crippen LogP contribution in [0.2, 0.25) is 0 Å². The molecule has 0 aromatic carbocycles. The predicted molar refractivity (Wildman–Crippen MR) is 58.9 cm³/mol. The summed E-state index contributed by atoms with van der Waals surface area (Å²) in [5, 5.41) is 0. The zero-order chi connectivity index (χ0) is 10.5. The van der Waals surface area contributed by atoms with Gasteiger partial charge in [-0.25, -0.2) is 0 Å². The Bertz CT molecular complexity index is 238. The number of rotatable bonds is 3. The summed E-state index contributed by atoms with van der Waals surface area (Å²) in [6.07, 6.45) is 11.3. The van der Waals surface area contributed by atoms with Gasteiger partial charge in [-0.1, -0.05) is 0 Å². The van der Waals surface area contributed by atoms with Crippen molar-refractivity contribution in [3.8, 4) is 0 Å². The highest BCUT2D eigenvalue weighted by atomic mass is 16.1. The second kappa shape index (κ2) is 3.31. The normalized spacial score (nSPS) is 49.3. The number of nitrogens with two attached hydrogens (primary N) is 1. The summed E-state index contributed by atoms with van der Waals surface area (Å²) >= 11 is 0. The molecular formula is C13H20NO. The van der Waals surface area contributed by atoms with Crippen LogP contribution >= 0.6 is 0 Å². The van der Waals surface area contributed by atoms with Gasteiger partial charge < -0.3 is 5.73 Å². The second-order valence-corrected chi connectivity index (χ2v) is 6.35. The summed E-state index contributed by atoms with van der Waals surface area (Å²) in [7, 11) is 0. The minimum Gasteiger partial charge on any atom is -0.321 e. The fraction of sp³-hybridized carbons (Fsp3) is 0.923. The average Bonchev–Trinajstić information content (AvgIpc) is 2.14. The first kappa shape index (κ1) is 9.83. The Hall–Kier alpha value is -0.370. The van der Waals surface area contributed by atoms with Crippen LogP contribution in [0.15, 0.2) is 0 Å². The molecule has 2 nitrogen and oxygen atoms in total. The molecule has 2 N–H and O–H groups in total. The van der Waals surface area contributed by atoms with Crippen molar-refractivity contribution in [1.82, 2.24) is 0 Å². The summed E-state index contributed by atoms with van der Waals surface area (Å²) in [5.74, 6) is 2.86. The van der Waals surface area contributed by atoms with Crippen molar-refractivity contribution in [2.45, 2.75) is 51.0 Å². The van der Waals surface area contributed by atoms with Gasteiger partial charge in [0.25, 0.3) is 0 Å². The summed E-state index contributed by atoms with van der Waals surface area (Å²) in [6.45, 7) is 0. The molecule has 83 valence electrons. The van der Waals surface area contributed by atoms with Crippen LogP contribution in [0.5, 0.6) is 0 Å². The zero-order valence-electron chi connectivity index (χ0n) is 9.24. The Morgan fingerprint density at radius 1 is 1.13 bits per heavy atom. The third-order valence-electron chi connectivity index (χ3n) is 4.97. The van der Waals surface area contributed by atoms with Crippen LogP contribution in [0.3, 0.4) is 0 Å². The van der Waals surface area contributed by atoms with Crippen LogP contribution in [0, 0.1) is 23.2 Å². The Kier molecular flexibility index (Phi) is 2.17. The van der Waals surface area contributed by atoms with Gasteiger partial charge in [-0.15, -0.1) is 0 Å². The molecule has 0 heterocycles. The Morgan fingerprint density at radius 3 is 2.00 bits per heavy atom. The van der Waals surface area contributed by atoms with Gasteiger partial charge in [-0.2, -0.15) is 0 Å². The summed E-state index contributed by atoms with van der Waals surface area (Å²) < 4.78 is 0. The first-order valence-electron chi connectivity index (χ1n) is 6.32. The zero-order valence-corrected chi connectivity index (χ0v) is 9.24. The molecular weight excluding hydrogens is 186 g/mol. The van der Waals surface area contributed by atoms with Crippen molar-refractivity contribution in [2.24, 2.45) is 28.9 Å². The Morgan fingerprint density at radius 2 is 1.60 bits per heavy atom. The van der Waals surface area contributed by atoms with E-state index >= 15 is 0 Å². The van der Waals surface area contributed by atoms with E-state index in [1.165, 1.54) is 38.5 Å². The molecule has 0 saturated heterocycles. The van der Waals surface area contributed by atoms with Gasteiger partial charge in [0.2, 0.25) is 6.29 Å². The van der Waals surface area contributed by atoms with Crippen molar-refractivity contribution >= 4 is 6.29 Å². The van der Waals surface area contributed by atoms with Crippen molar-refractivity contribution < 1.29 is 4.79 Å². The van der Waals surface area contributed by atoms with E-state index in [1.54, 1.807) is 0 Å². The average molecular weight is 206 g/mol. The van der Waals surface area contributed by atoms with Crippen LogP contribution < -0.4 is 5.73 Å². The lowest BCUT2D eigenvalue weighted by molar-refractivity contribution is -0.0578. The maximum atomic E-state index is 10.6. The highest BCUT2D eigenvalue weighted by Gasteiger charge is 2.50. The molecule has 0 spiro atoms. The van der Waals surface area contributed by atoms with E-state index in [1.807, 2.05) is 6.29 Å². The lowest BCUT2D eigenvalue weighted by atomic mass is 9.48. The first-order chi connectivity index (χ1) is 7.19. The highest BCUT2D eigenvalue weighted by Crippen LogP contribution is 2.61. The molecule has 0 aromatic rings. The molecule has 15 heavy (non-hydrogen) atoms. The summed E-state index contributed by atoms with van der Waals surface area (Å²) in [6, 6.07) is -0.332. The molecule has 4 saturated carbocycles. The van der Waals surface area contributed by atoms with Crippen LogP contribution in [0.1, 0.15) is 44.9 Å². The highest BCUT2D eigenvalue weighted by molar-refractivity contribution is 5.58. The number of carbonyl (C=O) groups excluding carboxylic acids is 1. The van der Waals surface area contributed by atoms with Gasteiger partial charge in [-0.05, 0) is 68.1 Å². The molecule has 4 rings (SSSR count). The molecule has 0 aliphatic heterocycles. The minimum absolute atomic E-state index is 0.332. The summed E-state index contributed by atoms with van der Waals surface area (Å²) in [4.78, 5) is 10.6. The van der Waals surface area contributed by atoms with E-state index in [0.29, 0.717) is 5.41 Å². The quantitative estimate of drug-likeness (QED) is 0.767. The van der Waals surface area contributed by atoms with Crippen LogP contribution in [0.25, 0.3) is 0 Å². The smallest absolute Gasteiger partial charge is 0.216 e. The van der Waals surface area contributed by atoms with E-state index in [0.717, 1.165) is 24.2 Å².